The highest BCUT2D eigenvalue weighted by molar-refractivity contribution is 6.76. The maximum Gasteiger partial charge on any atom is 0.219 e. The smallest absolute Gasteiger partial charge is 0.219 e. The molecule has 0 bridgehead atoms. The minimum Gasteiger partial charge on any atom is -0.488 e. The first-order chi connectivity index (χ1) is 18.8. The Morgan fingerprint density at radius 1 is 1.08 bits per heavy atom. The Balaban J connectivity index is 1.58. The van der Waals surface area contributed by atoms with Gasteiger partial charge in [-0.05, 0) is 42.6 Å². The summed E-state index contributed by atoms with van der Waals surface area (Å²) in [4.78, 5) is 24.1. The van der Waals surface area contributed by atoms with Crippen molar-refractivity contribution < 1.29 is 14.3 Å². The molecular formula is C31H38N4O3Si. The molecule has 1 atom stereocenters. The van der Waals surface area contributed by atoms with Crippen LogP contribution in [-0.2, 0) is 22.9 Å². The van der Waals surface area contributed by atoms with Gasteiger partial charge >= 0.3 is 0 Å². The highest BCUT2D eigenvalue weighted by atomic mass is 28.3. The Morgan fingerprint density at radius 2 is 1.87 bits per heavy atom. The lowest BCUT2D eigenvalue weighted by atomic mass is 10.0. The van der Waals surface area contributed by atoms with Crippen molar-refractivity contribution in [1.29, 1.82) is 0 Å². The number of hydrogen-bond acceptors (Lipinski definition) is 5. The summed E-state index contributed by atoms with van der Waals surface area (Å²) in [7, 11) is -1.22. The predicted molar refractivity (Wildman–Crippen MR) is 157 cm³/mol. The molecule has 7 nitrogen and oxygen atoms in total. The molecule has 1 amide bonds. The van der Waals surface area contributed by atoms with Gasteiger partial charge in [-0.1, -0.05) is 56.0 Å². The van der Waals surface area contributed by atoms with Crippen molar-refractivity contribution in [2.45, 2.75) is 64.8 Å². The summed E-state index contributed by atoms with van der Waals surface area (Å²) < 4.78 is 14.8. The van der Waals surface area contributed by atoms with E-state index in [0.717, 1.165) is 64.9 Å². The molecule has 2 aromatic heterocycles. The fourth-order valence-corrected chi connectivity index (χ4v) is 5.87. The third-order valence-electron chi connectivity index (χ3n) is 7.24. The number of imidazole rings is 1. The van der Waals surface area contributed by atoms with E-state index in [2.05, 4.69) is 47.4 Å². The molecule has 1 aliphatic heterocycles. The Kier molecular flexibility index (Phi) is 8.14. The number of amides is 1. The van der Waals surface area contributed by atoms with E-state index in [1.165, 1.54) is 0 Å². The van der Waals surface area contributed by atoms with E-state index in [1.807, 2.05) is 47.4 Å². The summed E-state index contributed by atoms with van der Waals surface area (Å²) in [5.41, 5.74) is 4.68. The molecule has 1 unspecified atom stereocenters. The Bertz CT molecular complexity index is 1420. The molecule has 204 valence electrons. The molecule has 3 heterocycles. The first kappa shape index (κ1) is 27.1. The summed E-state index contributed by atoms with van der Waals surface area (Å²) in [5.74, 6) is 1.62. The predicted octanol–water partition coefficient (Wildman–Crippen LogP) is 6.67. The minimum atomic E-state index is -1.22. The fourth-order valence-electron chi connectivity index (χ4n) is 5.11. The van der Waals surface area contributed by atoms with Gasteiger partial charge in [0, 0.05) is 46.0 Å². The van der Waals surface area contributed by atoms with Crippen molar-refractivity contribution in [3.63, 3.8) is 0 Å². The Labute approximate surface area is 231 Å². The van der Waals surface area contributed by atoms with Crippen LogP contribution in [0.2, 0.25) is 25.7 Å². The average Bonchev–Trinajstić information content (AvgIpc) is 3.55. The van der Waals surface area contributed by atoms with E-state index in [0.29, 0.717) is 19.9 Å². The number of aromatic nitrogens is 3. The zero-order chi connectivity index (χ0) is 27.4. The third kappa shape index (κ3) is 6.40. The van der Waals surface area contributed by atoms with Crippen LogP contribution in [0.3, 0.4) is 0 Å². The van der Waals surface area contributed by atoms with Crippen LogP contribution in [0.1, 0.15) is 36.9 Å². The number of ether oxygens (including phenoxy) is 2. The van der Waals surface area contributed by atoms with Gasteiger partial charge < -0.3 is 14.4 Å². The molecule has 0 saturated carbocycles. The lowest BCUT2D eigenvalue weighted by Crippen LogP contribution is -2.28. The van der Waals surface area contributed by atoms with E-state index >= 15 is 0 Å². The van der Waals surface area contributed by atoms with Crippen LogP contribution in [0.25, 0.3) is 22.6 Å². The molecule has 0 N–H and O–H groups in total. The van der Waals surface area contributed by atoms with Crippen molar-refractivity contribution in [3.8, 4) is 17.3 Å². The van der Waals surface area contributed by atoms with E-state index < -0.39 is 8.07 Å². The number of nitrogens with zero attached hydrogens (tertiary/aromatic N) is 4. The van der Waals surface area contributed by atoms with Crippen molar-refractivity contribution in [1.82, 2.24) is 19.4 Å². The van der Waals surface area contributed by atoms with Gasteiger partial charge in [-0.25, -0.2) is 4.98 Å². The van der Waals surface area contributed by atoms with Crippen molar-refractivity contribution in [2.75, 3.05) is 13.2 Å². The molecule has 5 rings (SSSR count). The maximum absolute atomic E-state index is 12.5. The van der Waals surface area contributed by atoms with Gasteiger partial charge in [0.15, 0.2) is 5.82 Å². The monoisotopic (exact) mass is 542 g/mol. The fraction of sp³-hybridized carbons (Fsp3) is 0.387. The zero-order valence-electron chi connectivity index (χ0n) is 23.4. The van der Waals surface area contributed by atoms with Crippen LogP contribution in [0.15, 0.2) is 66.9 Å². The quantitative estimate of drug-likeness (QED) is 0.165. The second-order valence-corrected chi connectivity index (χ2v) is 17.1. The van der Waals surface area contributed by atoms with Crippen LogP contribution < -0.4 is 4.74 Å². The number of carbonyl (C=O) groups excluding carboxylic acids is 1. The molecule has 4 aromatic rings. The SMILES string of the molecule is CC(=O)N1CCCC1c1cc2c(cc1OCc1ccccc1)nc(-c1ccccn1)n2COCC[Si](C)(C)C. The second-order valence-electron chi connectivity index (χ2n) is 11.4. The van der Waals surface area contributed by atoms with Gasteiger partial charge in [-0.3, -0.25) is 14.3 Å². The van der Waals surface area contributed by atoms with Gasteiger partial charge in [0.2, 0.25) is 5.91 Å². The third-order valence-corrected chi connectivity index (χ3v) is 8.95. The number of pyridine rings is 1. The maximum atomic E-state index is 12.5. The van der Waals surface area contributed by atoms with Crippen LogP contribution >= 0.6 is 0 Å². The van der Waals surface area contributed by atoms with Crippen LogP contribution in [0.5, 0.6) is 5.75 Å². The number of rotatable bonds is 10. The van der Waals surface area contributed by atoms with Gasteiger partial charge in [0.1, 0.15) is 24.8 Å². The summed E-state index contributed by atoms with van der Waals surface area (Å²) in [5, 5.41) is 0. The lowest BCUT2D eigenvalue weighted by molar-refractivity contribution is -0.129. The zero-order valence-corrected chi connectivity index (χ0v) is 24.4. The Morgan fingerprint density at radius 3 is 2.59 bits per heavy atom. The summed E-state index contributed by atoms with van der Waals surface area (Å²) in [6, 6.07) is 21.2. The van der Waals surface area contributed by atoms with Gasteiger partial charge in [0.05, 0.1) is 17.1 Å². The van der Waals surface area contributed by atoms with E-state index in [-0.39, 0.29) is 11.9 Å². The lowest BCUT2D eigenvalue weighted by Gasteiger charge is -2.26. The van der Waals surface area contributed by atoms with Crippen LogP contribution in [0, 0.1) is 0 Å². The molecule has 39 heavy (non-hydrogen) atoms. The summed E-state index contributed by atoms with van der Waals surface area (Å²) in [6.45, 7) is 11.0. The number of fused-ring (bicyclic) bond motifs is 1. The van der Waals surface area contributed by atoms with E-state index in [1.54, 1.807) is 13.1 Å². The van der Waals surface area contributed by atoms with Crippen LogP contribution in [0.4, 0.5) is 0 Å². The van der Waals surface area contributed by atoms with E-state index in [4.69, 9.17) is 14.5 Å². The molecule has 0 radical (unpaired) electrons. The first-order valence-corrected chi connectivity index (χ1v) is 17.5. The molecular weight excluding hydrogens is 504 g/mol. The van der Waals surface area contributed by atoms with Gasteiger partial charge in [0.25, 0.3) is 0 Å². The average molecular weight is 543 g/mol. The van der Waals surface area contributed by atoms with Gasteiger partial charge in [-0.15, -0.1) is 0 Å². The largest absolute Gasteiger partial charge is 0.488 e. The number of hydrogen-bond donors (Lipinski definition) is 0. The van der Waals surface area contributed by atoms with Crippen LogP contribution in [-0.4, -0.2) is 46.6 Å². The van der Waals surface area contributed by atoms with Crippen molar-refractivity contribution in [3.05, 3.63) is 78.0 Å². The topological polar surface area (TPSA) is 69.5 Å². The normalized spacial score (nSPS) is 15.7. The second kappa shape index (κ2) is 11.7. The molecule has 1 aliphatic rings. The Hall–Kier alpha value is -3.49. The number of likely N-dealkylation sites (tertiary alicyclic amines) is 1. The number of carbonyl (C=O) groups is 1. The van der Waals surface area contributed by atoms with E-state index in [9.17, 15) is 4.79 Å². The molecule has 0 spiro atoms. The molecule has 1 saturated heterocycles. The van der Waals surface area contributed by atoms with Gasteiger partial charge in [-0.2, -0.15) is 0 Å². The molecule has 1 fully saturated rings. The molecule has 0 aliphatic carbocycles. The summed E-state index contributed by atoms with van der Waals surface area (Å²) in [6.07, 6.45) is 3.66. The minimum absolute atomic E-state index is 0.0351. The highest BCUT2D eigenvalue weighted by Gasteiger charge is 2.31. The molecule has 8 heteroatoms. The van der Waals surface area contributed by atoms with Crippen molar-refractivity contribution in [2.24, 2.45) is 0 Å². The highest BCUT2D eigenvalue weighted by Crippen LogP contribution is 2.40. The number of benzene rings is 2. The summed E-state index contributed by atoms with van der Waals surface area (Å²) >= 11 is 0. The first-order valence-electron chi connectivity index (χ1n) is 13.8. The van der Waals surface area contributed by atoms with Crippen molar-refractivity contribution >= 4 is 25.0 Å². The standard InChI is InChI=1S/C31H38N4O3Si/c1-23(36)34-16-10-14-28(34)25-19-29-27(20-30(25)38-21-24-11-6-5-7-12-24)33-31(26-13-8-9-15-32-26)35(29)22-37-17-18-39(2,3)4/h5-9,11-13,15,19-20,28H,10,14,16-18,21-22H2,1-4H3. The molecule has 2 aromatic carbocycles.